The average Bonchev–Trinajstić information content (AvgIpc) is 2.16. The molecule has 1 aliphatic rings. The summed E-state index contributed by atoms with van der Waals surface area (Å²) in [5.41, 5.74) is 3.00. The van der Waals surface area contributed by atoms with Crippen LogP contribution in [0.1, 0.15) is 25.0 Å². The SMILES string of the molecule is CC(C)N1CCc2ccc(Br)cc2C1. The molecule has 0 saturated carbocycles. The van der Waals surface area contributed by atoms with Crippen molar-refractivity contribution in [1.29, 1.82) is 0 Å². The molecule has 1 heterocycles. The lowest BCUT2D eigenvalue weighted by Gasteiger charge is -2.31. The highest BCUT2D eigenvalue weighted by molar-refractivity contribution is 9.10. The van der Waals surface area contributed by atoms with E-state index in [2.05, 4.69) is 52.9 Å². The van der Waals surface area contributed by atoms with Gasteiger partial charge in [-0.3, -0.25) is 4.90 Å². The summed E-state index contributed by atoms with van der Waals surface area (Å²) >= 11 is 3.53. The number of fused-ring (bicyclic) bond motifs is 1. The molecule has 2 rings (SSSR count). The van der Waals surface area contributed by atoms with Crippen molar-refractivity contribution in [3.05, 3.63) is 33.8 Å². The first kappa shape index (κ1) is 10.2. The maximum atomic E-state index is 3.53. The summed E-state index contributed by atoms with van der Waals surface area (Å²) in [7, 11) is 0. The Labute approximate surface area is 94.2 Å². The van der Waals surface area contributed by atoms with Gasteiger partial charge in [0.05, 0.1) is 0 Å². The Kier molecular flexibility index (Phi) is 2.93. The van der Waals surface area contributed by atoms with Crippen LogP contribution in [0.2, 0.25) is 0 Å². The van der Waals surface area contributed by atoms with Crippen molar-refractivity contribution in [2.45, 2.75) is 32.9 Å². The molecule has 0 spiro atoms. The quantitative estimate of drug-likeness (QED) is 0.743. The van der Waals surface area contributed by atoms with Crippen molar-refractivity contribution in [3.8, 4) is 0 Å². The van der Waals surface area contributed by atoms with Gasteiger partial charge in [-0.05, 0) is 43.5 Å². The third kappa shape index (κ3) is 2.01. The minimum absolute atomic E-state index is 0.655. The van der Waals surface area contributed by atoms with Crippen molar-refractivity contribution in [3.63, 3.8) is 0 Å². The average molecular weight is 254 g/mol. The van der Waals surface area contributed by atoms with Gasteiger partial charge in [-0.15, -0.1) is 0 Å². The van der Waals surface area contributed by atoms with E-state index in [9.17, 15) is 0 Å². The van der Waals surface area contributed by atoms with E-state index in [0.717, 1.165) is 6.54 Å². The van der Waals surface area contributed by atoms with Crippen LogP contribution in [-0.4, -0.2) is 17.5 Å². The maximum Gasteiger partial charge on any atom is 0.0239 e. The van der Waals surface area contributed by atoms with Gasteiger partial charge in [-0.25, -0.2) is 0 Å². The highest BCUT2D eigenvalue weighted by atomic mass is 79.9. The fourth-order valence-electron chi connectivity index (χ4n) is 1.99. The van der Waals surface area contributed by atoms with E-state index in [1.165, 1.54) is 28.6 Å². The van der Waals surface area contributed by atoms with Crippen LogP contribution in [0.5, 0.6) is 0 Å². The zero-order valence-corrected chi connectivity index (χ0v) is 10.3. The molecular weight excluding hydrogens is 238 g/mol. The highest BCUT2D eigenvalue weighted by Gasteiger charge is 2.17. The van der Waals surface area contributed by atoms with Crippen molar-refractivity contribution in [1.82, 2.24) is 4.90 Å². The van der Waals surface area contributed by atoms with Gasteiger partial charge in [-0.2, -0.15) is 0 Å². The maximum absolute atomic E-state index is 3.53. The summed E-state index contributed by atoms with van der Waals surface area (Å²) in [5.74, 6) is 0. The number of rotatable bonds is 1. The Morgan fingerprint density at radius 3 is 2.79 bits per heavy atom. The standard InChI is InChI=1S/C12H16BrN/c1-9(2)14-6-5-10-3-4-12(13)7-11(10)8-14/h3-4,7,9H,5-6,8H2,1-2H3. The first-order valence-corrected chi connectivity index (χ1v) is 5.97. The van der Waals surface area contributed by atoms with Gasteiger partial charge in [0.25, 0.3) is 0 Å². The van der Waals surface area contributed by atoms with Crippen LogP contribution in [0.25, 0.3) is 0 Å². The molecule has 1 aromatic carbocycles. The van der Waals surface area contributed by atoms with Crippen molar-refractivity contribution in [2.75, 3.05) is 6.54 Å². The van der Waals surface area contributed by atoms with Crippen molar-refractivity contribution < 1.29 is 0 Å². The van der Waals surface area contributed by atoms with E-state index in [0.29, 0.717) is 6.04 Å². The molecule has 0 unspecified atom stereocenters. The molecule has 0 atom stereocenters. The largest absolute Gasteiger partial charge is 0.296 e. The van der Waals surface area contributed by atoms with Crippen LogP contribution in [0, 0.1) is 0 Å². The Hall–Kier alpha value is -0.340. The van der Waals surface area contributed by atoms with Gasteiger partial charge in [0.1, 0.15) is 0 Å². The van der Waals surface area contributed by atoms with E-state index in [1.54, 1.807) is 0 Å². The molecule has 0 radical (unpaired) electrons. The topological polar surface area (TPSA) is 3.24 Å². The summed E-state index contributed by atoms with van der Waals surface area (Å²) in [5, 5.41) is 0. The Balaban J connectivity index is 2.24. The highest BCUT2D eigenvalue weighted by Crippen LogP contribution is 2.23. The second kappa shape index (κ2) is 4.03. The van der Waals surface area contributed by atoms with E-state index in [1.807, 2.05) is 0 Å². The molecule has 1 aromatic rings. The minimum atomic E-state index is 0.655. The predicted molar refractivity (Wildman–Crippen MR) is 63.4 cm³/mol. The molecule has 0 fully saturated rings. The summed E-state index contributed by atoms with van der Waals surface area (Å²) < 4.78 is 1.20. The normalized spacial score (nSPS) is 17.1. The molecule has 0 aromatic heterocycles. The number of nitrogens with zero attached hydrogens (tertiary/aromatic N) is 1. The second-order valence-electron chi connectivity index (χ2n) is 4.23. The third-order valence-electron chi connectivity index (χ3n) is 2.94. The van der Waals surface area contributed by atoms with E-state index in [-0.39, 0.29) is 0 Å². The summed E-state index contributed by atoms with van der Waals surface area (Å²) in [6.07, 6.45) is 1.20. The molecule has 76 valence electrons. The van der Waals surface area contributed by atoms with E-state index < -0.39 is 0 Å². The predicted octanol–water partition coefficient (Wildman–Crippen LogP) is 3.22. The fraction of sp³-hybridized carbons (Fsp3) is 0.500. The lowest BCUT2D eigenvalue weighted by atomic mass is 9.99. The zero-order valence-electron chi connectivity index (χ0n) is 8.76. The Bertz CT molecular complexity index is 333. The molecule has 14 heavy (non-hydrogen) atoms. The van der Waals surface area contributed by atoms with E-state index in [4.69, 9.17) is 0 Å². The van der Waals surface area contributed by atoms with Crippen LogP contribution < -0.4 is 0 Å². The van der Waals surface area contributed by atoms with Gasteiger partial charge in [0.2, 0.25) is 0 Å². The first-order valence-electron chi connectivity index (χ1n) is 5.18. The van der Waals surface area contributed by atoms with Crippen molar-refractivity contribution in [2.24, 2.45) is 0 Å². The lowest BCUT2D eigenvalue weighted by molar-refractivity contribution is 0.203. The zero-order chi connectivity index (χ0) is 10.1. The van der Waals surface area contributed by atoms with Gasteiger partial charge in [-0.1, -0.05) is 22.0 Å². The van der Waals surface area contributed by atoms with Crippen LogP contribution in [0.4, 0.5) is 0 Å². The number of hydrogen-bond donors (Lipinski definition) is 0. The number of benzene rings is 1. The van der Waals surface area contributed by atoms with Gasteiger partial charge in [0, 0.05) is 23.6 Å². The Morgan fingerprint density at radius 1 is 1.29 bits per heavy atom. The van der Waals surface area contributed by atoms with Gasteiger partial charge in [0.15, 0.2) is 0 Å². The monoisotopic (exact) mass is 253 g/mol. The lowest BCUT2D eigenvalue weighted by Crippen LogP contribution is -2.35. The van der Waals surface area contributed by atoms with Crippen LogP contribution in [-0.2, 0) is 13.0 Å². The molecule has 1 nitrogen and oxygen atoms in total. The summed E-state index contributed by atoms with van der Waals surface area (Å²) in [4.78, 5) is 2.52. The van der Waals surface area contributed by atoms with Crippen LogP contribution in [0.3, 0.4) is 0 Å². The third-order valence-corrected chi connectivity index (χ3v) is 3.43. The van der Waals surface area contributed by atoms with Gasteiger partial charge < -0.3 is 0 Å². The first-order chi connectivity index (χ1) is 6.66. The second-order valence-corrected chi connectivity index (χ2v) is 5.14. The minimum Gasteiger partial charge on any atom is -0.296 e. The molecular formula is C12H16BrN. The summed E-state index contributed by atoms with van der Waals surface area (Å²) in [6, 6.07) is 7.30. The van der Waals surface area contributed by atoms with E-state index >= 15 is 0 Å². The molecule has 2 heteroatoms. The number of halogens is 1. The Morgan fingerprint density at radius 2 is 2.07 bits per heavy atom. The molecule has 0 saturated heterocycles. The molecule has 0 amide bonds. The molecule has 0 N–H and O–H groups in total. The summed E-state index contributed by atoms with van der Waals surface area (Å²) in [6.45, 7) is 6.84. The number of hydrogen-bond acceptors (Lipinski definition) is 1. The molecule has 0 bridgehead atoms. The van der Waals surface area contributed by atoms with Crippen LogP contribution in [0.15, 0.2) is 22.7 Å². The smallest absolute Gasteiger partial charge is 0.0239 e. The van der Waals surface area contributed by atoms with Crippen molar-refractivity contribution >= 4 is 15.9 Å². The fourth-order valence-corrected chi connectivity index (χ4v) is 2.40. The molecule has 0 aliphatic carbocycles. The van der Waals surface area contributed by atoms with Gasteiger partial charge >= 0.3 is 0 Å². The molecule has 1 aliphatic heterocycles. The van der Waals surface area contributed by atoms with Crippen LogP contribution >= 0.6 is 15.9 Å².